The maximum Gasteiger partial charge on any atom is 0.347 e. The first kappa shape index (κ1) is 19.7. The van der Waals surface area contributed by atoms with Gasteiger partial charge in [0, 0.05) is 18.0 Å². The van der Waals surface area contributed by atoms with Crippen LogP contribution in [0.5, 0.6) is 0 Å². The fraction of sp³-hybridized carbons (Fsp3) is 0.211. The second-order valence-corrected chi connectivity index (χ2v) is 5.21. The number of carbonyl (C=O) groups is 2. The summed E-state index contributed by atoms with van der Waals surface area (Å²) in [5.41, 5.74) is 1.09. The molecule has 1 heterocycles. The van der Waals surface area contributed by atoms with E-state index < -0.39 is 11.9 Å². The van der Waals surface area contributed by atoms with Crippen LogP contribution in [-0.4, -0.2) is 30.1 Å². The highest BCUT2D eigenvalue weighted by atomic mass is 19.1. The van der Waals surface area contributed by atoms with Crippen molar-refractivity contribution in [2.24, 2.45) is 0 Å². The number of hydrogen-bond acceptors (Lipinski definition) is 6. The number of aromatic amines is 1. The molecular weight excluding hydrogens is 353 g/mol. The summed E-state index contributed by atoms with van der Waals surface area (Å²) >= 11 is 0. The van der Waals surface area contributed by atoms with Crippen LogP contribution in [0.15, 0.2) is 42.2 Å². The lowest BCUT2D eigenvalue weighted by molar-refractivity contribution is -0.146. The standard InChI is InChI=1S/C19H18FN3O4/c1-3-26-18(24)16(19(25)27-4-2)11-23-17-14(9-21)15(10-22-17)12-5-7-13(20)8-6-12/h5-8,10-11,22-23H,3-4H2,1-2H3. The van der Waals surface area contributed by atoms with Crippen molar-refractivity contribution in [2.75, 3.05) is 18.5 Å². The fourth-order valence-corrected chi connectivity index (χ4v) is 2.27. The molecule has 0 atom stereocenters. The molecule has 27 heavy (non-hydrogen) atoms. The molecule has 2 aromatic rings. The number of benzene rings is 1. The summed E-state index contributed by atoms with van der Waals surface area (Å²) in [5.74, 6) is -1.80. The van der Waals surface area contributed by atoms with Crippen LogP contribution in [0.2, 0.25) is 0 Å². The van der Waals surface area contributed by atoms with E-state index in [4.69, 9.17) is 9.47 Å². The van der Waals surface area contributed by atoms with Crippen molar-refractivity contribution in [3.05, 3.63) is 53.6 Å². The molecule has 0 unspecified atom stereocenters. The zero-order chi connectivity index (χ0) is 19.8. The Balaban J connectivity index is 2.33. The third-order valence-corrected chi connectivity index (χ3v) is 3.50. The average Bonchev–Trinajstić information content (AvgIpc) is 3.06. The summed E-state index contributed by atoms with van der Waals surface area (Å²) in [4.78, 5) is 26.8. The van der Waals surface area contributed by atoms with Gasteiger partial charge >= 0.3 is 11.9 Å². The van der Waals surface area contributed by atoms with Gasteiger partial charge in [0.25, 0.3) is 0 Å². The minimum Gasteiger partial charge on any atom is -0.462 e. The first-order valence-electron chi connectivity index (χ1n) is 8.20. The molecule has 2 rings (SSSR count). The Bertz CT molecular complexity index is 875. The van der Waals surface area contributed by atoms with Crippen LogP contribution in [0.25, 0.3) is 11.1 Å². The van der Waals surface area contributed by atoms with E-state index >= 15 is 0 Å². The van der Waals surface area contributed by atoms with E-state index in [1.54, 1.807) is 32.2 Å². The van der Waals surface area contributed by atoms with Gasteiger partial charge in [0.1, 0.15) is 23.3 Å². The molecule has 0 aliphatic heterocycles. The quantitative estimate of drug-likeness (QED) is 0.335. The Morgan fingerprint density at radius 2 is 1.78 bits per heavy atom. The molecule has 0 spiro atoms. The summed E-state index contributed by atoms with van der Waals surface area (Å²) in [6.07, 6.45) is 2.69. The number of rotatable bonds is 7. The molecule has 7 nitrogen and oxygen atoms in total. The number of anilines is 1. The number of ether oxygens (including phenoxy) is 2. The second-order valence-electron chi connectivity index (χ2n) is 5.21. The Morgan fingerprint density at radius 3 is 2.30 bits per heavy atom. The van der Waals surface area contributed by atoms with E-state index in [1.165, 1.54) is 12.1 Å². The number of H-pyrrole nitrogens is 1. The molecule has 0 radical (unpaired) electrons. The summed E-state index contributed by atoms with van der Waals surface area (Å²) < 4.78 is 22.8. The van der Waals surface area contributed by atoms with Gasteiger partial charge < -0.3 is 19.8 Å². The zero-order valence-electron chi connectivity index (χ0n) is 14.8. The molecule has 0 bridgehead atoms. The highest BCUT2D eigenvalue weighted by Gasteiger charge is 2.21. The van der Waals surface area contributed by atoms with Crippen LogP contribution in [-0.2, 0) is 19.1 Å². The van der Waals surface area contributed by atoms with Gasteiger partial charge in [0.05, 0.1) is 13.2 Å². The maximum absolute atomic E-state index is 13.1. The van der Waals surface area contributed by atoms with E-state index in [-0.39, 0.29) is 36.0 Å². The summed E-state index contributed by atoms with van der Waals surface area (Å²) in [5, 5.41) is 12.2. The van der Waals surface area contributed by atoms with Gasteiger partial charge in [0.15, 0.2) is 5.57 Å². The van der Waals surface area contributed by atoms with Crippen molar-refractivity contribution in [2.45, 2.75) is 13.8 Å². The number of nitrogens with zero attached hydrogens (tertiary/aromatic N) is 1. The summed E-state index contributed by atoms with van der Waals surface area (Å²) in [7, 11) is 0. The lowest BCUT2D eigenvalue weighted by Crippen LogP contribution is -2.19. The Kier molecular flexibility index (Phi) is 6.72. The molecule has 2 N–H and O–H groups in total. The van der Waals surface area contributed by atoms with E-state index in [0.29, 0.717) is 11.1 Å². The van der Waals surface area contributed by atoms with E-state index in [1.807, 2.05) is 6.07 Å². The van der Waals surface area contributed by atoms with Crippen molar-refractivity contribution in [3.63, 3.8) is 0 Å². The van der Waals surface area contributed by atoms with Crippen LogP contribution >= 0.6 is 0 Å². The van der Waals surface area contributed by atoms with Crippen molar-refractivity contribution in [3.8, 4) is 17.2 Å². The molecule has 0 saturated carbocycles. The third-order valence-electron chi connectivity index (χ3n) is 3.50. The minimum atomic E-state index is -0.840. The topological polar surface area (TPSA) is 104 Å². The Morgan fingerprint density at radius 1 is 1.19 bits per heavy atom. The summed E-state index contributed by atoms with van der Waals surface area (Å²) in [6, 6.07) is 7.70. The molecule has 1 aromatic heterocycles. The van der Waals surface area contributed by atoms with E-state index in [2.05, 4.69) is 10.3 Å². The lowest BCUT2D eigenvalue weighted by Gasteiger charge is -2.07. The Hall–Kier alpha value is -3.60. The molecule has 140 valence electrons. The molecule has 0 fully saturated rings. The van der Waals surface area contributed by atoms with Gasteiger partial charge in [-0.15, -0.1) is 0 Å². The monoisotopic (exact) mass is 371 g/mol. The number of carbonyl (C=O) groups excluding carboxylic acids is 2. The number of hydrogen-bond donors (Lipinski definition) is 2. The second kappa shape index (κ2) is 9.20. The predicted octanol–water partition coefficient (Wildman–Crippen LogP) is 3.11. The zero-order valence-corrected chi connectivity index (χ0v) is 14.8. The van der Waals surface area contributed by atoms with Crippen LogP contribution < -0.4 is 5.32 Å². The first-order chi connectivity index (χ1) is 13.0. The molecule has 0 saturated heterocycles. The van der Waals surface area contributed by atoms with Gasteiger partial charge in [-0.2, -0.15) is 5.26 Å². The highest BCUT2D eigenvalue weighted by molar-refractivity contribution is 6.14. The van der Waals surface area contributed by atoms with Crippen molar-refractivity contribution in [1.82, 2.24) is 4.98 Å². The highest BCUT2D eigenvalue weighted by Crippen LogP contribution is 2.28. The average molecular weight is 371 g/mol. The first-order valence-corrected chi connectivity index (χ1v) is 8.20. The number of nitrogens with one attached hydrogen (secondary N) is 2. The number of aromatic nitrogens is 1. The van der Waals surface area contributed by atoms with Crippen molar-refractivity contribution >= 4 is 17.8 Å². The van der Waals surface area contributed by atoms with Crippen molar-refractivity contribution in [1.29, 1.82) is 5.26 Å². The number of esters is 2. The van der Waals surface area contributed by atoms with Crippen LogP contribution in [0.4, 0.5) is 10.2 Å². The molecular formula is C19H18FN3O4. The normalized spacial score (nSPS) is 9.85. The van der Waals surface area contributed by atoms with Gasteiger partial charge in [0.2, 0.25) is 0 Å². The van der Waals surface area contributed by atoms with E-state index in [9.17, 15) is 19.2 Å². The fourth-order valence-electron chi connectivity index (χ4n) is 2.27. The molecule has 0 amide bonds. The van der Waals surface area contributed by atoms with Crippen molar-refractivity contribution < 1.29 is 23.5 Å². The molecule has 0 aliphatic carbocycles. The van der Waals surface area contributed by atoms with E-state index in [0.717, 1.165) is 6.20 Å². The third kappa shape index (κ3) is 4.73. The predicted molar refractivity (Wildman–Crippen MR) is 95.9 cm³/mol. The largest absolute Gasteiger partial charge is 0.462 e. The number of halogens is 1. The maximum atomic E-state index is 13.1. The number of nitriles is 1. The van der Waals surface area contributed by atoms with Crippen LogP contribution in [0.1, 0.15) is 19.4 Å². The Labute approximate surface area is 155 Å². The SMILES string of the molecule is CCOC(=O)C(=CNc1[nH]cc(-c2ccc(F)cc2)c1C#N)C(=O)OCC. The molecule has 8 heteroatoms. The van der Waals surface area contributed by atoms with Crippen LogP contribution in [0.3, 0.4) is 0 Å². The molecule has 0 aliphatic rings. The van der Waals surface area contributed by atoms with Gasteiger partial charge in [-0.3, -0.25) is 0 Å². The lowest BCUT2D eigenvalue weighted by atomic mass is 10.0. The van der Waals surface area contributed by atoms with Gasteiger partial charge in [-0.05, 0) is 31.5 Å². The molecule has 1 aromatic carbocycles. The van der Waals surface area contributed by atoms with Gasteiger partial charge in [-0.1, -0.05) is 12.1 Å². The smallest absolute Gasteiger partial charge is 0.347 e. The minimum absolute atomic E-state index is 0.0935. The van der Waals surface area contributed by atoms with Crippen LogP contribution in [0, 0.1) is 17.1 Å². The van der Waals surface area contributed by atoms with Gasteiger partial charge in [-0.25, -0.2) is 14.0 Å². The summed E-state index contributed by atoms with van der Waals surface area (Å²) in [6.45, 7) is 3.41.